The fourth-order valence-electron chi connectivity index (χ4n) is 6.25. The number of oxime groups is 1. The predicted octanol–water partition coefficient (Wildman–Crippen LogP) is 10.3. The van der Waals surface area contributed by atoms with Crippen molar-refractivity contribution < 1.29 is 36.3 Å². The van der Waals surface area contributed by atoms with Gasteiger partial charge in [0.05, 0.1) is 17.4 Å². The second kappa shape index (κ2) is 16.0. The number of ketones is 1. The molecule has 4 rings (SSSR count). The van der Waals surface area contributed by atoms with Crippen LogP contribution < -0.4 is 0 Å². The predicted molar refractivity (Wildman–Crippen MR) is 178 cm³/mol. The fourth-order valence-corrected chi connectivity index (χ4v) is 7.62. The number of hydrogen-bond donors (Lipinski definition) is 0. The number of thioether (sulfide) groups is 1. The number of hydrogen-bond acceptors (Lipinski definition) is 5. The summed E-state index contributed by atoms with van der Waals surface area (Å²) in [7, 11) is 0. The molecule has 2 heterocycles. The van der Waals surface area contributed by atoms with E-state index in [9.17, 15) is 26.7 Å². The van der Waals surface area contributed by atoms with Gasteiger partial charge in [-0.05, 0) is 78.0 Å². The van der Waals surface area contributed by atoms with E-state index in [0.717, 1.165) is 54.2 Å². The summed E-state index contributed by atoms with van der Waals surface area (Å²) < 4.78 is 75.7. The molecule has 47 heavy (non-hydrogen) atoms. The van der Waals surface area contributed by atoms with E-state index >= 15 is 0 Å². The number of alkyl halides is 3. The molecule has 4 nitrogen and oxygen atoms in total. The standard InChI is InChI=1S/C37H40F5NO3S/c1-6-10-25(11-8-12-28(44)18-26-16-22(3)17-30(23(26)4)37(40,41)42)36-24(5)29(21-47-36)27-19-33(45-20-27)35(43-46-15-7-2)34-31(38)13-9-14-32(34)39/h7,9,13-14,16-17,20-21,25-26,33,36H,2,4-6,8,10-12,15,18-19H2,1,3H3. The topological polar surface area (TPSA) is 47.9 Å². The van der Waals surface area contributed by atoms with Gasteiger partial charge in [0.25, 0.3) is 0 Å². The van der Waals surface area contributed by atoms with Gasteiger partial charge in [0, 0.05) is 30.4 Å². The van der Waals surface area contributed by atoms with Crippen molar-refractivity contribution in [2.45, 2.75) is 76.3 Å². The first-order valence-corrected chi connectivity index (χ1v) is 16.6. The second-order valence-electron chi connectivity index (χ2n) is 12.0. The number of Topliss-reactive ketones (excluding diaryl/α,β-unsaturated/α-hetero) is 1. The molecule has 0 saturated heterocycles. The minimum Gasteiger partial charge on any atom is -0.491 e. The van der Waals surface area contributed by atoms with Gasteiger partial charge in [0.15, 0.2) is 0 Å². The van der Waals surface area contributed by atoms with Crippen LogP contribution in [-0.4, -0.2) is 35.6 Å². The Kier molecular flexibility index (Phi) is 12.3. The van der Waals surface area contributed by atoms with Gasteiger partial charge < -0.3 is 9.57 Å². The van der Waals surface area contributed by atoms with Gasteiger partial charge in [0.2, 0.25) is 0 Å². The molecule has 0 aromatic heterocycles. The van der Waals surface area contributed by atoms with Crippen LogP contribution in [0.25, 0.3) is 0 Å². The van der Waals surface area contributed by atoms with Crippen molar-refractivity contribution in [1.29, 1.82) is 0 Å². The van der Waals surface area contributed by atoms with Gasteiger partial charge in [-0.1, -0.05) is 62.0 Å². The average molecular weight is 674 g/mol. The van der Waals surface area contributed by atoms with Crippen molar-refractivity contribution in [2.75, 3.05) is 6.61 Å². The summed E-state index contributed by atoms with van der Waals surface area (Å²) in [6, 6.07) is 3.58. The smallest absolute Gasteiger partial charge is 0.416 e. The number of rotatable bonds is 15. The van der Waals surface area contributed by atoms with Gasteiger partial charge in [-0.15, -0.1) is 11.8 Å². The van der Waals surface area contributed by atoms with Gasteiger partial charge in [-0.2, -0.15) is 13.2 Å². The SMILES string of the molecule is C=CCON=C(c1c(F)cccc1F)C1CC(C2=CSC(C(CCC)CCCC(=O)CC3C=C(C)C=C(C(F)(F)F)C3=C)C2=C)=CO1. The minimum absolute atomic E-state index is 0.00347. The molecule has 0 bridgehead atoms. The van der Waals surface area contributed by atoms with E-state index in [0.29, 0.717) is 18.4 Å². The van der Waals surface area contributed by atoms with Crippen LogP contribution in [-0.2, 0) is 14.4 Å². The highest BCUT2D eigenvalue weighted by atomic mass is 32.2. The van der Waals surface area contributed by atoms with Gasteiger partial charge in [-0.3, -0.25) is 4.79 Å². The number of benzene rings is 1. The summed E-state index contributed by atoms with van der Waals surface area (Å²) >= 11 is 1.65. The zero-order valence-corrected chi connectivity index (χ0v) is 27.5. The highest BCUT2D eigenvalue weighted by Gasteiger charge is 2.39. The molecule has 0 spiro atoms. The molecule has 0 radical (unpaired) electrons. The van der Waals surface area contributed by atoms with E-state index in [2.05, 4.69) is 31.8 Å². The van der Waals surface area contributed by atoms with E-state index < -0.39 is 35.4 Å². The lowest BCUT2D eigenvalue weighted by atomic mass is 9.82. The summed E-state index contributed by atoms with van der Waals surface area (Å²) in [5, 5.41) is 6.11. The van der Waals surface area contributed by atoms with Crippen molar-refractivity contribution >= 4 is 23.3 Å². The highest BCUT2D eigenvalue weighted by molar-refractivity contribution is 8.03. The first-order valence-electron chi connectivity index (χ1n) is 15.7. The van der Waals surface area contributed by atoms with E-state index in [1.165, 1.54) is 12.1 Å². The molecule has 1 aromatic rings. The number of ether oxygens (including phenoxy) is 1. The molecular formula is C37H40F5NO3S. The summed E-state index contributed by atoms with van der Waals surface area (Å²) in [5.74, 6) is -2.08. The minimum atomic E-state index is -4.51. The lowest BCUT2D eigenvalue weighted by molar-refractivity contribution is -0.119. The number of nitrogens with zero attached hydrogens (tertiary/aromatic N) is 1. The van der Waals surface area contributed by atoms with Crippen LogP contribution in [0.2, 0.25) is 0 Å². The van der Waals surface area contributed by atoms with Crippen molar-refractivity contribution in [1.82, 2.24) is 0 Å². The van der Waals surface area contributed by atoms with Crippen LogP contribution in [0.3, 0.4) is 0 Å². The molecule has 0 amide bonds. The third-order valence-corrected chi connectivity index (χ3v) is 9.86. The number of carbonyl (C=O) groups is 1. The molecule has 252 valence electrons. The molecule has 0 saturated carbocycles. The summed E-state index contributed by atoms with van der Waals surface area (Å²) in [5.41, 5.74) is 2.00. The number of halogens is 5. The molecule has 0 fully saturated rings. The third kappa shape index (κ3) is 8.83. The average Bonchev–Trinajstić information content (AvgIpc) is 3.63. The van der Waals surface area contributed by atoms with Crippen LogP contribution in [0.5, 0.6) is 0 Å². The summed E-state index contributed by atoms with van der Waals surface area (Å²) in [4.78, 5) is 18.1. The Labute approximate surface area is 277 Å². The lowest BCUT2D eigenvalue weighted by Gasteiger charge is -2.26. The van der Waals surface area contributed by atoms with Gasteiger partial charge >= 0.3 is 6.18 Å². The molecule has 1 aromatic carbocycles. The summed E-state index contributed by atoms with van der Waals surface area (Å²) in [6.45, 7) is 15.4. The Morgan fingerprint density at radius 1 is 1.19 bits per heavy atom. The van der Waals surface area contributed by atoms with Crippen molar-refractivity contribution in [3.63, 3.8) is 0 Å². The van der Waals surface area contributed by atoms with Crippen LogP contribution >= 0.6 is 11.8 Å². The van der Waals surface area contributed by atoms with Gasteiger partial charge in [-0.25, -0.2) is 8.78 Å². The zero-order chi connectivity index (χ0) is 34.3. The van der Waals surface area contributed by atoms with E-state index in [1.54, 1.807) is 31.0 Å². The van der Waals surface area contributed by atoms with Crippen molar-refractivity contribution in [3.8, 4) is 0 Å². The molecule has 1 aliphatic carbocycles. The number of allylic oxidation sites excluding steroid dienone is 6. The fraction of sp³-hybridized carbons (Fsp3) is 0.405. The van der Waals surface area contributed by atoms with Crippen LogP contribution in [0.15, 0.2) is 106 Å². The highest BCUT2D eigenvalue weighted by Crippen LogP contribution is 2.46. The molecule has 3 aliphatic rings. The molecule has 10 heteroatoms. The van der Waals surface area contributed by atoms with Gasteiger partial charge in [0.1, 0.15) is 35.8 Å². The quantitative estimate of drug-likeness (QED) is 0.0611. The summed E-state index contributed by atoms with van der Waals surface area (Å²) in [6.07, 6.45) is 4.31. The van der Waals surface area contributed by atoms with Crippen LogP contribution in [0.4, 0.5) is 22.0 Å². The van der Waals surface area contributed by atoms with E-state index in [-0.39, 0.29) is 53.2 Å². The Morgan fingerprint density at radius 2 is 1.91 bits per heavy atom. The van der Waals surface area contributed by atoms with Crippen molar-refractivity contribution in [2.24, 2.45) is 17.0 Å². The maximum Gasteiger partial charge on any atom is 0.416 e. The first-order chi connectivity index (χ1) is 22.3. The van der Waals surface area contributed by atoms with E-state index in [4.69, 9.17) is 9.57 Å². The van der Waals surface area contributed by atoms with E-state index in [1.807, 2.05) is 5.41 Å². The normalized spacial score (nSPS) is 22.3. The van der Waals surface area contributed by atoms with Crippen molar-refractivity contribution in [3.05, 3.63) is 118 Å². The first kappa shape index (κ1) is 36.2. The molecular weight excluding hydrogens is 633 g/mol. The lowest BCUT2D eigenvalue weighted by Crippen LogP contribution is -2.24. The molecule has 4 atom stereocenters. The Hall–Kier alpha value is -3.66. The monoisotopic (exact) mass is 673 g/mol. The second-order valence-corrected chi connectivity index (χ2v) is 13.0. The molecule has 2 aliphatic heterocycles. The zero-order valence-electron chi connectivity index (χ0n) is 26.7. The van der Waals surface area contributed by atoms with Crippen LogP contribution in [0.1, 0.15) is 64.4 Å². The Morgan fingerprint density at radius 3 is 2.57 bits per heavy atom. The maximum absolute atomic E-state index is 14.7. The molecule has 0 N–H and O–H groups in total. The van der Waals surface area contributed by atoms with Crippen LogP contribution in [0, 0.1) is 23.5 Å². The Bertz CT molecular complexity index is 1530. The molecule has 4 unspecified atom stereocenters. The number of carbonyl (C=O) groups excluding carboxylic acids is 1. The maximum atomic E-state index is 14.7. The Balaban J connectivity index is 1.35. The third-order valence-electron chi connectivity index (χ3n) is 8.53. The largest absolute Gasteiger partial charge is 0.491 e.